The van der Waals surface area contributed by atoms with Crippen LogP contribution in [0.5, 0.6) is 0 Å². The first-order valence-electron chi connectivity index (χ1n) is 23.5. The quantitative estimate of drug-likeness (QED) is 0.110. The number of carbonyl (C=O) groups is 1. The molecule has 4 aromatic carbocycles. The molecule has 7 unspecified atom stereocenters. The summed E-state index contributed by atoms with van der Waals surface area (Å²) in [4.78, 5) is 13.1. The molecule has 65 heavy (non-hydrogen) atoms. The monoisotopic (exact) mass is 893 g/mol. The summed E-state index contributed by atoms with van der Waals surface area (Å²) >= 11 is 0. The van der Waals surface area contributed by atoms with Gasteiger partial charge in [-0.05, 0) is 34.9 Å². The van der Waals surface area contributed by atoms with Gasteiger partial charge in [0, 0.05) is 24.3 Å². The third-order valence-corrected chi connectivity index (χ3v) is 13.6. The number of amides is 1. The van der Waals surface area contributed by atoms with Gasteiger partial charge < -0.3 is 52.7 Å². The lowest BCUT2D eigenvalue weighted by molar-refractivity contribution is -0.393. The lowest BCUT2D eigenvalue weighted by Gasteiger charge is -2.53. The van der Waals surface area contributed by atoms with Gasteiger partial charge in [0.05, 0.1) is 45.2 Å². The van der Waals surface area contributed by atoms with E-state index in [4.69, 9.17) is 47.4 Å². The van der Waals surface area contributed by atoms with Gasteiger partial charge in [0.1, 0.15) is 36.6 Å². The molecular weight excluding hydrogens is 827 g/mol. The summed E-state index contributed by atoms with van der Waals surface area (Å²) in [6, 6.07) is 38.9. The van der Waals surface area contributed by atoms with Gasteiger partial charge in [0.25, 0.3) is 0 Å². The van der Waals surface area contributed by atoms with Gasteiger partial charge in [-0.2, -0.15) is 0 Å². The van der Waals surface area contributed by atoms with Gasteiger partial charge in [0.2, 0.25) is 5.91 Å². The van der Waals surface area contributed by atoms with E-state index in [2.05, 4.69) is 39.9 Å². The molecule has 4 fully saturated rings. The van der Waals surface area contributed by atoms with Crippen molar-refractivity contribution in [1.29, 1.82) is 0 Å². The SMILES string of the molecule is CCC1O[C@H](OC2[C@@H]3OC(c4ccccc4)OCC3O[C@H](O[C@@H]3C(COCc4ccccc4)O[C@@H](OCc4ccccc4)C(NC(C)=O)[C@@H]3OCc3ccccc3)[C@@H]2C)C(C)[C@@H](C)[C@H]1C. The summed E-state index contributed by atoms with van der Waals surface area (Å²) in [5.74, 6) is 0.209. The van der Waals surface area contributed by atoms with Gasteiger partial charge in [-0.15, -0.1) is 0 Å². The smallest absolute Gasteiger partial charge is 0.217 e. The van der Waals surface area contributed by atoms with E-state index in [1.165, 1.54) is 6.92 Å². The Kier molecular flexibility index (Phi) is 16.5. The Morgan fingerprint density at radius 1 is 0.585 bits per heavy atom. The first kappa shape index (κ1) is 47.4. The topological polar surface area (TPSA) is 121 Å². The van der Waals surface area contributed by atoms with Crippen molar-refractivity contribution in [3.05, 3.63) is 144 Å². The Labute approximate surface area is 384 Å². The van der Waals surface area contributed by atoms with Crippen LogP contribution in [0.1, 0.15) is 76.5 Å². The van der Waals surface area contributed by atoms with Gasteiger partial charge in [0.15, 0.2) is 25.2 Å². The molecule has 1 N–H and O–H groups in total. The highest BCUT2D eigenvalue weighted by Gasteiger charge is 2.55. The molecule has 12 heteroatoms. The maximum Gasteiger partial charge on any atom is 0.217 e. The Balaban J connectivity index is 1.13. The lowest BCUT2D eigenvalue weighted by atomic mass is 9.78. The minimum atomic E-state index is -0.925. The molecule has 0 bridgehead atoms. The average Bonchev–Trinajstić information content (AvgIpc) is 3.33. The molecule has 0 radical (unpaired) electrons. The van der Waals surface area contributed by atoms with Crippen molar-refractivity contribution in [3.8, 4) is 0 Å². The van der Waals surface area contributed by atoms with Crippen molar-refractivity contribution in [1.82, 2.24) is 5.32 Å². The van der Waals surface area contributed by atoms with Gasteiger partial charge in [-0.1, -0.05) is 156 Å². The van der Waals surface area contributed by atoms with Crippen molar-refractivity contribution in [2.24, 2.45) is 23.7 Å². The molecule has 12 nitrogen and oxygen atoms in total. The van der Waals surface area contributed by atoms with Crippen LogP contribution >= 0.6 is 0 Å². The second-order valence-corrected chi connectivity index (χ2v) is 18.1. The minimum absolute atomic E-state index is 0.0539. The fourth-order valence-corrected chi connectivity index (χ4v) is 9.58. The zero-order valence-corrected chi connectivity index (χ0v) is 38.5. The maximum atomic E-state index is 13.1. The number of benzene rings is 4. The summed E-state index contributed by atoms with van der Waals surface area (Å²) in [6.45, 7) is 13.7. The highest BCUT2D eigenvalue weighted by molar-refractivity contribution is 5.73. The van der Waals surface area contributed by atoms with Gasteiger partial charge in [-0.3, -0.25) is 4.79 Å². The fourth-order valence-electron chi connectivity index (χ4n) is 9.58. The first-order chi connectivity index (χ1) is 31.7. The summed E-state index contributed by atoms with van der Waals surface area (Å²) in [5, 5.41) is 3.13. The van der Waals surface area contributed by atoms with Gasteiger partial charge >= 0.3 is 0 Å². The van der Waals surface area contributed by atoms with Crippen molar-refractivity contribution < 1.29 is 52.2 Å². The van der Waals surface area contributed by atoms with Crippen molar-refractivity contribution >= 4 is 5.91 Å². The van der Waals surface area contributed by atoms with Crippen LogP contribution in [0, 0.1) is 23.7 Å². The number of carbonyl (C=O) groups excluding carboxylic acids is 1. The molecule has 0 aromatic heterocycles. The summed E-state index contributed by atoms with van der Waals surface area (Å²) in [5.41, 5.74) is 3.84. The van der Waals surface area contributed by atoms with E-state index in [1.807, 2.05) is 121 Å². The van der Waals surface area contributed by atoms with E-state index < -0.39 is 67.8 Å². The van der Waals surface area contributed by atoms with Crippen LogP contribution < -0.4 is 5.32 Å². The highest BCUT2D eigenvalue weighted by Crippen LogP contribution is 2.43. The Hall–Kier alpha value is -4.05. The molecule has 4 aliphatic heterocycles. The van der Waals surface area contributed by atoms with E-state index in [-0.39, 0.29) is 50.3 Å². The summed E-state index contributed by atoms with van der Waals surface area (Å²) < 4.78 is 68.2. The van der Waals surface area contributed by atoms with Crippen molar-refractivity contribution in [2.45, 2.75) is 142 Å². The number of rotatable bonds is 17. The molecule has 1 amide bonds. The molecule has 16 atom stereocenters. The van der Waals surface area contributed by atoms with E-state index >= 15 is 0 Å². The zero-order chi connectivity index (χ0) is 45.3. The van der Waals surface area contributed by atoms with E-state index in [9.17, 15) is 4.79 Å². The molecule has 4 aliphatic rings. The summed E-state index contributed by atoms with van der Waals surface area (Å²) in [6.07, 6.45) is -5.85. The minimum Gasteiger partial charge on any atom is -0.374 e. The second-order valence-electron chi connectivity index (χ2n) is 18.1. The second kappa shape index (κ2) is 22.6. The predicted octanol–water partition coefficient (Wildman–Crippen LogP) is 8.52. The molecular formula is C53H67NO11. The maximum absolute atomic E-state index is 13.1. The van der Waals surface area contributed by atoms with Crippen LogP contribution in [0.2, 0.25) is 0 Å². The van der Waals surface area contributed by atoms with Crippen molar-refractivity contribution in [3.63, 3.8) is 0 Å². The van der Waals surface area contributed by atoms with Crippen molar-refractivity contribution in [2.75, 3.05) is 13.2 Å². The molecule has 4 aromatic rings. The lowest BCUT2D eigenvalue weighted by Crippen LogP contribution is -2.68. The van der Waals surface area contributed by atoms with Crippen LogP contribution in [-0.2, 0) is 72.0 Å². The zero-order valence-electron chi connectivity index (χ0n) is 38.5. The third kappa shape index (κ3) is 11.7. The van der Waals surface area contributed by atoms with E-state index in [0.717, 1.165) is 28.7 Å². The van der Waals surface area contributed by atoms with Crippen LogP contribution in [0.3, 0.4) is 0 Å². The Bertz CT molecular complexity index is 2030. The Morgan fingerprint density at radius 2 is 1.14 bits per heavy atom. The Morgan fingerprint density at radius 3 is 1.75 bits per heavy atom. The van der Waals surface area contributed by atoms with Crippen LogP contribution in [0.4, 0.5) is 0 Å². The molecule has 8 rings (SSSR count). The molecule has 4 heterocycles. The number of nitrogens with one attached hydrogen (secondary N) is 1. The average molecular weight is 894 g/mol. The molecule has 4 saturated heterocycles. The first-order valence-corrected chi connectivity index (χ1v) is 23.5. The molecule has 350 valence electrons. The van der Waals surface area contributed by atoms with Crippen LogP contribution in [0.25, 0.3) is 0 Å². The van der Waals surface area contributed by atoms with Crippen LogP contribution in [0.15, 0.2) is 121 Å². The molecule has 0 aliphatic carbocycles. The van der Waals surface area contributed by atoms with Gasteiger partial charge in [-0.25, -0.2) is 0 Å². The standard InChI is InChI=1S/C53H67NO11/c1-7-42-34(3)33(2)35(4)50(60-42)63-46-36(5)51(61-44-32-59-52(65-47(44)46)41-26-18-11-19-27-41)64-48-43(31-56-28-38-20-12-8-13-21-38)62-53(58-30-40-24-16-10-17-25-40)45(54-37(6)55)49(48)57-29-39-22-14-9-15-23-39/h8-27,33-36,42-53H,7,28-32H2,1-6H3,(H,54,55)/t33-,34+,35?,36+,42?,43?,44?,45?,46?,47+,48+,49-,50+,51+,52?,53+/m0/s1. The van der Waals surface area contributed by atoms with Crippen LogP contribution in [-0.4, -0.2) is 86.8 Å². The van der Waals surface area contributed by atoms with E-state index in [0.29, 0.717) is 18.4 Å². The van der Waals surface area contributed by atoms with E-state index in [1.54, 1.807) is 0 Å². The third-order valence-electron chi connectivity index (χ3n) is 13.6. The normalized spacial score (nSPS) is 34.9. The number of ether oxygens (including phenoxy) is 10. The fraction of sp³-hybridized carbons (Fsp3) is 0.528. The number of hydrogen-bond acceptors (Lipinski definition) is 11. The summed E-state index contributed by atoms with van der Waals surface area (Å²) in [7, 11) is 0. The highest BCUT2D eigenvalue weighted by atomic mass is 16.8. The predicted molar refractivity (Wildman–Crippen MR) is 243 cm³/mol. The number of hydrogen-bond donors (Lipinski definition) is 1. The number of fused-ring (bicyclic) bond motifs is 1. The molecule has 0 saturated carbocycles. The largest absolute Gasteiger partial charge is 0.374 e. The molecule has 0 spiro atoms.